The van der Waals surface area contributed by atoms with Gasteiger partial charge in [-0.05, 0) is 45.8 Å². The molecule has 0 aliphatic rings. The Morgan fingerprint density at radius 1 is 0.765 bits per heavy atom. The molecule has 3 aromatic rings. The van der Waals surface area contributed by atoms with Gasteiger partial charge in [0.2, 0.25) is 0 Å². The molecule has 0 heterocycles. The second kappa shape index (κ2) is 4.15. The van der Waals surface area contributed by atoms with E-state index in [0.29, 0.717) is 5.75 Å². The maximum Gasteiger partial charge on any atom is 0.395 e. The third-order valence-corrected chi connectivity index (χ3v) is 3.10. The smallest absolute Gasteiger partial charge is 0.395 e. The van der Waals surface area contributed by atoms with Crippen molar-refractivity contribution < 1.29 is 9.09 Å². The molecular weight excluding hydrogens is 231 g/mol. The highest BCUT2D eigenvalue weighted by Crippen LogP contribution is 2.27. The van der Waals surface area contributed by atoms with Gasteiger partial charge in [0.05, 0.1) is 0 Å². The van der Waals surface area contributed by atoms with E-state index in [1.807, 2.05) is 30.3 Å². The molecule has 0 amide bonds. The summed E-state index contributed by atoms with van der Waals surface area (Å²) in [6.45, 7) is 0. The molecule has 17 heavy (non-hydrogen) atoms. The Kier molecular flexibility index (Phi) is 2.50. The topological polar surface area (TPSA) is 26.3 Å². The van der Waals surface area contributed by atoms with Gasteiger partial charge in [0, 0.05) is 0 Å². The molecule has 0 bridgehead atoms. The van der Waals surface area contributed by atoms with Crippen molar-refractivity contribution >= 4 is 30.2 Å². The van der Waals surface area contributed by atoms with Crippen molar-refractivity contribution in [1.29, 1.82) is 0 Å². The lowest BCUT2D eigenvalue weighted by atomic mass is 10.0. The largest absolute Gasteiger partial charge is 0.408 e. The summed E-state index contributed by atoms with van der Waals surface area (Å²) in [6.07, 6.45) is 0. The van der Waals surface area contributed by atoms with Crippen LogP contribution in [0.15, 0.2) is 54.6 Å². The Morgan fingerprint density at radius 3 is 2.12 bits per heavy atom. The molecule has 0 saturated carbocycles. The minimum absolute atomic E-state index is 0.323. The molecule has 2 nitrogen and oxygen atoms in total. The lowest BCUT2D eigenvalue weighted by Gasteiger charge is -2.03. The molecule has 0 aromatic heterocycles. The molecule has 3 aromatic carbocycles. The molecule has 0 N–H and O–H groups in total. The van der Waals surface area contributed by atoms with Crippen LogP contribution in [-0.4, -0.2) is 0 Å². The van der Waals surface area contributed by atoms with E-state index in [2.05, 4.69) is 24.3 Å². The normalized spacial score (nSPS) is 11.1. The molecule has 0 atom stereocenters. The molecule has 3 heteroatoms. The van der Waals surface area contributed by atoms with Gasteiger partial charge in [0.15, 0.2) is 0 Å². The van der Waals surface area contributed by atoms with Gasteiger partial charge in [-0.15, -0.1) is 0 Å². The quantitative estimate of drug-likeness (QED) is 0.484. The van der Waals surface area contributed by atoms with Crippen molar-refractivity contribution in [2.75, 3.05) is 0 Å². The molecular formula is C14H9O2P. The van der Waals surface area contributed by atoms with E-state index in [1.54, 1.807) is 0 Å². The first-order valence-electron chi connectivity index (χ1n) is 5.29. The van der Waals surface area contributed by atoms with Crippen LogP contribution in [0.2, 0.25) is 0 Å². The summed E-state index contributed by atoms with van der Waals surface area (Å²) < 4.78 is 15.3. The van der Waals surface area contributed by atoms with Crippen molar-refractivity contribution in [3.05, 3.63) is 54.6 Å². The molecule has 0 aliphatic carbocycles. The highest BCUT2D eigenvalue weighted by molar-refractivity contribution is 7.17. The van der Waals surface area contributed by atoms with Crippen molar-refractivity contribution in [2.45, 2.75) is 0 Å². The summed E-state index contributed by atoms with van der Waals surface area (Å²) >= 11 is 0. The number of hydrogen-bond acceptors (Lipinski definition) is 2. The number of hydrogen-bond donors (Lipinski definition) is 0. The maximum atomic E-state index is 10.4. The van der Waals surface area contributed by atoms with Crippen LogP contribution < -0.4 is 4.52 Å². The molecule has 0 saturated heterocycles. The molecule has 82 valence electrons. The van der Waals surface area contributed by atoms with E-state index in [4.69, 9.17) is 4.52 Å². The third-order valence-electron chi connectivity index (χ3n) is 2.82. The summed E-state index contributed by atoms with van der Waals surface area (Å²) in [7, 11) is -0.323. The minimum atomic E-state index is -0.323. The van der Waals surface area contributed by atoms with Gasteiger partial charge < -0.3 is 4.52 Å². The Labute approximate surface area is 100 Å². The molecule has 0 unspecified atom stereocenters. The monoisotopic (exact) mass is 240 g/mol. The first-order chi connectivity index (χ1) is 8.36. The number of benzene rings is 3. The van der Waals surface area contributed by atoms with Gasteiger partial charge in [-0.3, -0.25) is 0 Å². The Balaban J connectivity index is 2.28. The molecule has 3 rings (SSSR count). The summed E-state index contributed by atoms with van der Waals surface area (Å²) in [5.41, 5.74) is 0. The highest BCUT2D eigenvalue weighted by Gasteiger charge is 2.00. The van der Waals surface area contributed by atoms with Gasteiger partial charge in [-0.25, -0.2) is 4.57 Å². The van der Waals surface area contributed by atoms with E-state index < -0.39 is 0 Å². The summed E-state index contributed by atoms with van der Waals surface area (Å²) in [5, 5.41) is 4.65. The van der Waals surface area contributed by atoms with Crippen LogP contribution >= 0.6 is 8.69 Å². The van der Waals surface area contributed by atoms with Crippen LogP contribution in [0, 0.1) is 0 Å². The third kappa shape index (κ3) is 1.88. The predicted octanol–water partition coefficient (Wildman–Crippen LogP) is 4.58. The van der Waals surface area contributed by atoms with Crippen molar-refractivity contribution in [1.82, 2.24) is 0 Å². The van der Waals surface area contributed by atoms with Gasteiger partial charge in [0.1, 0.15) is 5.75 Å². The van der Waals surface area contributed by atoms with Crippen molar-refractivity contribution in [2.24, 2.45) is 0 Å². The van der Waals surface area contributed by atoms with Crippen molar-refractivity contribution in [3.63, 3.8) is 0 Å². The van der Waals surface area contributed by atoms with Crippen LogP contribution in [0.5, 0.6) is 5.75 Å². The minimum Gasteiger partial charge on any atom is -0.408 e. The molecule has 0 aliphatic heterocycles. The first kappa shape index (κ1) is 10.2. The van der Waals surface area contributed by atoms with Crippen LogP contribution in [0.25, 0.3) is 21.5 Å². The summed E-state index contributed by atoms with van der Waals surface area (Å²) in [6, 6.07) is 18.2. The Bertz CT molecular complexity index is 707. The van der Waals surface area contributed by atoms with E-state index >= 15 is 0 Å². The molecule has 0 radical (unpaired) electrons. The number of fused-ring (bicyclic) bond motifs is 2. The lowest BCUT2D eigenvalue weighted by Crippen LogP contribution is -1.78. The van der Waals surface area contributed by atoms with Crippen LogP contribution in [-0.2, 0) is 4.57 Å². The highest BCUT2D eigenvalue weighted by atomic mass is 31.1. The zero-order valence-corrected chi connectivity index (χ0v) is 9.85. The summed E-state index contributed by atoms with van der Waals surface area (Å²) in [5.74, 6) is 0.615. The van der Waals surface area contributed by atoms with Crippen LogP contribution in [0.3, 0.4) is 0 Å². The Morgan fingerprint density at radius 2 is 1.41 bits per heavy atom. The second-order valence-corrected chi connectivity index (χ2v) is 4.21. The van der Waals surface area contributed by atoms with E-state index in [-0.39, 0.29) is 8.69 Å². The van der Waals surface area contributed by atoms with E-state index in [1.165, 1.54) is 10.8 Å². The van der Waals surface area contributed by atoms with Gasteiger partial charge in [0.25, 0.3) is 0 Å². The standard InChI is InChI=1S/C14H9O2P/c15-17-16-14-6-5-12-7-10-3-1-2-4-11(10)8-13(12)9-14/h1-9H. The predicted molar refractivity (Wildman–Crippen MR) is 69.7 cm³/mol. The zero-order chi connectivity index (χ0) is 11.7. The molecule has 0 spiro atoms. The molecule has 0 fully saturated rings. The van der Waals surface area contributed by atoms with Crippen LogP contribution in [0.4, 0.5) is 0 Å². The van der Waals surface area contributed by atoms with Gasteiger partial charge >= 0.3 is 8.69 Å². The SMILES string of the molecule is O=POc1ccc2cc3ccccc3cc2c1. The fourth-order valence-corrected chi connectivity index (χ4v) is 2.22. The zero-order valence-electron chi connectivity index (χ0n) is 8.96. The van der Waals surface area contributed by atoms with Gasteiger partial charge in [-0.1, -0.05) is 30.3 Å². The average molecular weight is 240 g/mol. The lowest BCUT2D eigenvalue weighted by molar-refractivity contribution is 0.525. The fraction of sp³-hybridized carbons (Fsp3) is 0. The Hall–Kier alpha value is -1.92. The average Bonchev–Trinajstić information content (AvgIpc) is 2.36. The summed E-state index contributed by atoms with van der Waals surface area (Å²) in [4.78, 5) is 0. The van der Waals surface area contributed by atoms with Gasteiger partial charge in [-0.2, -0.15) is 0 Å². The second-order valence-electron chi connectivity index (χ2n) is 3.87. The van der Waals surface area contributed by atoms with E-state index in [0.717, 1.165) is 10.8 Å². The van der Waals surface area contributed by atoms with Crippen molar-refractivity contribution in [3.8, 4) is 5.75 Å². The first-order valence-corrected chi connectivity index (χ1v) is 6.02. The van der Waals surface area contributed by atoms with E-state index in [9.17, 15) is 4.57 Å². The number of rotatable bonds is 2. The fourth-order valence-electron chi connectivity index (χ4n) is 2.02. The van der Waals surface area contributed by atoms with Crippen LogP contribution in [0.1, 0.15) is 0 Å². The maximum absolute atomic E-state index is 10.4.